The molecule has 1 N–H and O–H groups in total. The van der Waals surface area contributed by atoms with Gasteiger partial charge in [-0.05, 0) is 50.9 Å². The molecule has 1 amide bonds. The summed E-state index contributed by atoms with van der Waals surface area (Å²) >= 11 is 0. The molecular formula is C17H30N2O2. The molecule has 4 nitrogen and oxygen atoms in total. The highest BCUT2D eigenvalue weighted by atomic mass is 16.5. The fourth-order valence-corrected chi connectivity index (χ4v) is 4.18. The molecule has 1 aliphatic carbocycles. The molecule has 3 aliphatic rings. The lowest BCUT2D eigenvalue weighted by molar-refractivity contribution is -0.133. The van der Waals surface area contributed by atoms with Gasteiger partial charge in [-0.3, -0.25) is 10.1 Å². The maximum Gasteiger partial charge on any atom is 0.243 e. The summed E-state index contributed by atoms with van der Waals surface area (Å²) in [6, 6.07) is 0. The Morgan fingerprint density at radius 2 is 2.10 bits per heavy atom. The van der Waals surface area contributed by atoms with E-state index in [1.54, 1.807) is 0 Å². The van der Waals surface area contributed by atoms with E-state index in [0.29, 0.717) is 17.7 Å². The van der Waals surface area contributed by atoms with Gasteiger partial charge < -0.3 is 9.64 Å². The summed E-state index contributed by atoms with van der Waals surface area (Å²) in [7, 11) is 0. The van der Waals surface area contributed by atoms with E-state index < -0.39 is 0 Å². The lowest BCUT2D eigenvalue weighted by Crippen LogP contribution is -2.45. The molecule has 0 bridgehead atoms. The number of carbonyl (C=O) groups excluding carboxylic acids is 1. The second kappa shape index (κ2) is 6.25. The predicted octanol–water partition coefficient (Wildman–Crippen LogP) is 2.53. The van der Waals surface area contributed by atoms with E-state index in [-0.39, 0.29) is 11.7 Å². The highest BCUT2D eigenvalue weighted by molar-refractivity contribution is 5.88. The predicted molar refractivity (Wildman–Crippen MR) is 82.8 cm³/mol. The van der Waals surface area contributed by atoms with E-state index in [2.05, 4.69) is 24.1 Å². The van der Waals surface area contributed by atoms with E-state index in [4.69, 9.17) is 4.74 Å². The minimum absolute atomic E-state index is 0.271. The van der Waals surface area contributed by atoms with Crippen LogP contribution in [0.4, 0.5) is 0 Å². The quantitative estimate of drug-likeness (QED) is 0.847. The SMILES string of the molecule is CCC1(C)NC(C2CCCC2)N(CCC2CCOC2)C1=O. The van der Waals surface area contributed by atoms with Gasteiger partial charge in [0.05, 0.1) is 11.7 Å². The molecular weight excluding hydrogens is 264 g/mol. The van der Waals surface area contributed by atoms with Crippen molar-refractivity contribution >= 4 is 5.91 Å². The van der Waals surface area contributed by atoms with Crippen LogP contribution in [0, 0.1) is 11.8 Å². The molecule has 21 heavy (non-hydrogen) atoms. The van der Waals surface area contributed by atoms with Crippen molar-refractivity contribution in [1.29, 1.82) is 0 Å². The summed E-state index contributed by atoms with van der Waals surface area (Å²) in [5.74, 6) is 1.62. The van der Waals surface area contributed by atoms with Crippen molar-refractivity contribution < 1.29 is 9.53 Å². The summed E-state index contributed by atoms with van der Waals surface area (Å²) < 4.78 is 5.47. The van der Waals surface area contributed by atoms with Crippen LogP contribution >= 0.6 is 0 Å². The van der Waals surface area contributed by atoms with Crippen molar-refractivity contribution in [2.75, 3.05) is 19.8 Å². The lowest BCUT2D eigenvalue weighted by Gasteiger charge is -2.29. The van der Waals surface area contributed by atoms with Gasteiger partial charge in [-0.2, -0.15) is 0 Å². The monoisotopic (exact) mass is 294 g/mol. The zero-order chi connectivity index (χ0) is 14.9. The van der Waals surface area contributed by atoms with Gasteiger partial charge in [-0.1, -0.05) is 19.8 Å². The molecule has 0 aromatic heterocycles. The first-order chi connectivity index (χ1) is 10.1. The molecule has 3 fully saturated rings. The Morgan fingerprint density at radius 3 is 2.71 bits per heavy atom. The Labute approximate surface area is 128 Å². The molecule has 0 spiro atoms. The molecule has 2 aliphatic heterocycles. The van der Waals surface area contributed by atoms with Crippen molar-refractivity contribution in [3.63, 3.8) is 0 Å². The first kappa shape index (κ1) is 15.3. The van der Waals surface area contributed by atoms with Crippen LogP contribution in [0.25, 0.3) is 0 Å². The molecule has 2 heterocycles. The summed E-state index contributed by atoms with van der Waals surface area (Å²) in [5.41, 5.74) is -0.348. The van der Waals surface area contributed by atoms with E-state index >= 15 is 0 Å². The molecule has 3 atom stereocenters. The Balaban J connectivity index is 1.67. The van der Waals surface area contributed by atoms with E-state index in [1.807, 2.05) is 0 Å². The topological polar surface area (TPSA) is 41.6 Å². The largest absolute Gasteiger partial charge is 0.381 e. The van der Waals surface area contributed by atoms with Gasteiger partial charge in [0.2, 0.25) is 5.91 Å². The Hall–Kier alpha value is -0.610. The van der Waals surface area contributed by atoms with Crippen molar-refractivity contribution in [3.8, 4) is 0 Å². The van der Waals surface area contributed by atoms with Crippen LogP contribution < -0.4 is 5.32 Å². The second-order valence-corrected chi connectivity index (χ2v) is 7.34. The van der Waals surface area contributed by atoms with Crippen LogP contribution in [0.15, 0.2) is 0 Å². The van der Waals surface area contributed by atoms with Gasteiger partial charge >= 0.3 is 0 Å². The molecule has 0 aromatic carbocycles. The third kappa shape index (κ3) is 2.98. The average molecular weight is 294 g/mol. The number of rotatable bonds is 5. The van der Waals surface area contributed by atoms with Gasteiger partial charge in [0, 0.05) is 19.8 Å². The Morgan fingerprint density at radius 1 is 1.33 bits per heavy atom. The zero-order valence-corrected chi connectivity index (χ0v) is 13.6. The Kier molecular flexibility index (Phi) is 4.55. The molecule has 120 valence electrons. The highest BCUT2D eigenvalue weighted by Gasteiger charge is 2.49. The summed E-state index contributed by atoms with van der Waals surface area (Å²) in [4.78, 5) is 15.0. The Bertz CT molecular complexity index is 375. The van der Waals surface area contributed by atoms with Crippen LogP contribution in [0.2, 0.25) is 0 Å². The number of carbonyl (C=O) groups is 1. The molecule has 0 radical (unpaired) electrons. The molecule has 3 unspecified atom stereocenters. The van der Waals surface area contributed by atoms with Gasteiger partial charge in [0.25, 0.3) is 0 Å². The van der Waals surface area contributed by atoms with Crippen molar-refractivity contribution in [1.82, 2.24) is 10.2 Å². The third-order valence-corrected chi connectivity index (χ3v) is 5.89. The molecule has 2 saturated heterocycles. The summed E-state index contributed by atoms with van der Waals surface area (Å²) in [6.07, 6.45) is 8.59. The lowest BCUT2D eigenvalue weighted by atomic mass is 9.99. The normalized spacial score (nSPS) is 37.8. The van der Waals surface area contributed by atoms with Crippen LogP contribution in [0.3, 0.4) is 0 Å². The first-order valence-corrected chi connectivity index (χ1v) is 8.80. The minimum atomic E-state index is -0.348. The van der Waals surface area contributed by atoms with Gasteiger partial charge in [0.1, 0.15) is 0 Å². The van der Waals surface area contributed by atoms with Crippen molar-refractivity contribution in [2.24, 2.45) is 11.8 Å². The van der Waals surface area contributed by atoms with Gasteiger partial charge in [-0.25, -0.2) is 0 Å². The smallest absolute Gasteiger partial charge is 0.243 e. The van der Waals surface area contributed by atoms with Crippen LogP contribution in [-0.4, -0.2) is 42.3 Å². The highest BCUT2D eigenvalue weighted by Crippen LogP contribution is 2.35. The van der Waals surface area contributed by atoms with Crippen molar-refractivity contribution in [2.45, 2.75) is 70.5 Å². The number of nitrogens with one attached hydrogen (secondary N) is 1. The zero-order valence-electron chi connectivity index (χ0n) is 13.6. The second-order valence-electron chi connectivity index (χ2n) is 7.34. The number of ether oxygens (including phenoxy) is 1. The van der Waals surface area contributed by atoms with Crippen molar-refractivity contribution in [3.05, 3.63) is 0 Å². The average Bonchev–Trinajstić information content (AvgIpc) is 3.21. The minimum Gasteiger partial charge on any atom is -0.381 e. The third-order valence-electron chi connectivity index (χ3n) is 5.89. The number of hydrogen-bond acceptors (Lipinski definition) is 3. The number of amides is 1. The molecule has 0 aromatic rings. The fraction of sp³-hybridized carbons (Fsp3) is 0.941. The van der Waals surface area contributed by atoms with E-state index in [9.17, 15) is 4.79 Å². The van der Waals surface area contributed by atoms with Crippen LogP contribution in [0.1, 0.15) is 58.8 Å². The fourth-order valence-electron chi connectivity index (χ4n) is 4.18. The first-order valence-electron chi connectivity index (χ1n) is 8.80. The van der Waals surface area contributed by atoms with Crippen LogP contribution in [0.5, 0.6) is 0 Å². The maximum absolute atomic E-state index is 12.9. The molecule has 3 rings (SSSR count). The summed E-state index contributed by atoms with van der Waals surface area (Å²) in [6.45, 7) is 6.88. The maximum atomic E-state index is 12.9. The number of hydrogen-bond donors (Lipinski definition) is 1. The summed E-state index contributed by atoms with van der Waals surface area (Å²) in [5, 5.41) is 3.68. The number of nitrogens with zero attached hydrogens (tertiary/aromatic N) is 1. The molecule has 1 saturated carbocycles. The standard InChI is InChI=1S/C17H30N2O2/c1-3-17(2)16(20)19(10-8-13-9-11-21-12-13)15(18-17)14-6-4-5-7-14/h13-15,18H,3-12H2,1-2H3. The van der Waals surface area contributed by atoms with Crippen LogP contribution in [-0.2, 0) is 9.53 Å². The van der Waals surface area contributed by atoms with Gasteiger partial charge in [0.15, 0.2) is 0 Å². The van der Waals surface area contributed by atoms with E-state index in [1.165, 1.54) is 25.7 Å². The molecule has 4 heteroatoms. The van der Waals surface area contributed by atoms with Gasteiger partial charge in [-0.15, -0.1) is 0 Å². The van der Waals surface area contributed by atoms with E-state index in [0.717, 1.165) is 39.0 Å².